The summed E-state index contributed by atoms with van der Waals surface area (Å²) in [7, 11) is 0. The Kier molecular flexibility index (Phi) is 2.67. The van der Waals surface area contributed by atoms with Gasteiger partial charge in [0, 0.05) is 11.3 Å². The van der Waals surface area contributed by atoms with Gasteiger partial charge in [-0.3, -0.25) is 4.79 Å². The fourth-order valence-electron chi connectivity index (χ4n) is 8.64. The Hall–Kier alpha value is -0.490. The van der Waals surface area contributed by atoms with Gasteiger partial charge in [-0.05, 0) is 50.4 Å². The highest BCUT2D eigenvalue weighted by Gasteiger charge is 2.96. The van der Waals surface area contributed by atoms with Crippen molar-refractivity contribution in [3.63, 3.8) is 0 Å². The molecule has 25 heavy (non-hydrogen) atoms. The van der Waals surface area contributed by atoms with Crippen molar-refractivity contribution >= 4 is 5.78 Å². The van der Waals surface area contributed by atoms with Crippen molar-refractivity contribution in [1.29, 1.82) is 0 Å². The van der Waals surface area contributed by atoms with E-state index in [2.05, 4.69) is 20.8 Å². The number of rotatable bonds is 1. The Morgan fingerprint density at radius 1 is 1.20 bits per heavy atom. The fourth-order valence-corrected chi connectivity index (χ4v) is 8.64. The van der Waals surface area contributed by atoms with Crippen LogP contribution in [0.3, 0.4) is 0 Å². The van der Waals surface area contributed by atoms with Crippen LogP contribution in [0.4, 0.5) is 0 Å². The van der Waals surface area contributed by atoms with E-state index in [4.69, 9.17) is 4.74 Å². The summed E-state index contributed by atoms with van der Waals surface area (Å²) in [4.78, 5) is 13.5. The van der Waals surface area contributed by atoms with E-state index in [1.54, 1.807) is 6.92 Å². The maximum atomic E-state index is 13.5. The molecule has 5 rings (SSSR count). The predicted molar refractivity (Wildman–Crippen MR) is 89.6 cm³/mol. The first-order chi connectivity index (χ1) is 11.4. The lowest BCUT2D eigenvalue weighted by atomic mass is 9.55. The molecular weight excluding hydrogens is 320 g/mol. The van der Waals surface area contributed by atoms with Crippen LogP contribution in [0.1, 0.15) is 53.9 Å². The van der Waals surface area contributed by atoms with E-state index in [1.165, 1.54) is 0 Å². The van der Waals surface area contributed by atoms with Crippen LogP contribution in [-0.2, 0) is 9.53 Å². The van der Waals surface area contributed by atoms with Gasteiger partial charge in [-0.25, -0.2) is 0 Å². The molecule has 4 aliphatic carbocycles. The number of epoxide rings is 1. The van der Waals surface area contributed by atoms with Gasteiger partial charge in [0.15, 0.2) is 5.78 Å². The van der Waals surface area contributed by atoms with E-state index in [-0.39, 0.29) is 23.0 Å². The molecule has 140 valence electrons. The number of hydrogen-bond donors (Lipinski definition) is 3. The van der Waals surface area contributed by atoms with Crippen LogP contribution in [0.2, 0.25) is 0 Å². The quantitative estimate of drug-likeness (QED) is 0.620. The van der Waals surface area contributed by atoms with Crippen molar-refractivity contribution in [2.45, 2.75) is 83.4 Å². The van der Waals surface area contributed by atoms with Crippen molar-refractivity contribution in [3.05, 3.63) is 0 Å². The van der Waals surface area contributed by atoms with Crippen LogP contribution >= 0.6 is 0 Å². The van der Waals surface area contributed by atoms with Gasteiger partial charge >= 0.3 is 0 Å². The SMILES string of the molecule is CC(C)[C@@H]1CC[C@@]23C[C@H]4[C@@](C)(O)[C@@H](O)[C@@H]5O[C@@]54[C@]2(C)C(=O)[C@@H](O)[C@@]13C. The highest BCUT2D eigenvalue weighted by atomic mass is 16.6. The topological polar surface area (TPSA) is 90.3 Å². The average Bonchev–Trinajstić information content (AvgIpc) is 3.05. The summed E-state index contributed by atoms with van der Waals surface area (Å²) in [5.74, 6) is 0.270. The van der Waals surface area contributed by atoms with Gasteiger partial charge in [-0.2, -0.15) is 0 Å². The summed E-state index contributed by atoms with van der Waals surface area (Å²) >= 11 is 0. The summed E-state index contributed by atoms with van der Waals surface area (Å²) in [6.07, 6.45) is 0.0693. The summed E-state index contributed by atoms with van der Waals surface area (Å²) in [5.41, 5.74) is -3.75. The third-order valence-electron chi connectivity index (χ3n) is 9.88. The number of carbonyl (C=O) groups is 1. The van der Waals surface area contributed by atoms with Crippen LogP contribution in [-0.4, -0.2) is 50.6 Å². The molecule has 1 aliphatic heterocycles. The van der Waals surface area contributed by atoms with E-state index in [9.17, 15) is 20.1 Å². The molecule has 1 saturated heterocycles. The van der Waals surface area contributed by atoms with Crippen LogP contribution in [0.5, 0.6) is 0 Å². The van der Waals surface area contributed by atoms with Crippen molar-refractivity contribution in [2.75, 3.05) is 0 Å². The lowest BCUT2D eigenvalue weighted by molar-refractivity contribution is -0.142. The maximum Gasteiger partial charge on any atom is 0.171 e. The first-order valence-corrected chi connectivity index (χ1v) is 9.75. The minimum atomic E-state index is -1.24. The number of ether oxygens (including phenoxy) is 1. The minimum absolute atomic E-state index is 0.129. The molecule has 4 saturated carbocycles. The Morgan fingerprint density at radius 3 is 2.44 bits per heavy atom. The molecule has 1 heterocycles. The molecule has 0 aromatic heterocycles. The smallest absolute Gasteiger partial charge is 0.171 e. The second kappa shape index (κ2) is 4.01. The Bertz CT molecular complexity index is 688. The highest BCUT2D eigenvalue weighted by Crippen LogP contribution is 2.87. The van der Waals surface area contributed by atoms with E-state index in [0.29, 0.717) is 12.3 Å². The van der Waals surface area contributed by atoms with E-state index < -0.39 is 40.3 Å². The van der Waals surface area contributed by atoms with Crippen molar-refractivity contribution in [2.24, 2.45) is 34.0 Å². The van der Waals surface area contributed by atoms with Gasteiger partial charge in [0.2, 0.25) is 0 Å². The largest absolute Gasteiger partial charge is 0.387 e. The van der Waals surface area contributed by atoms with E-state index >= 15 is 0 Å². The summed E-state index contributed by atoms with van der Waals surface area (Å²) in [6.45, 7) is 10.1. The van der Waals surface area contributed by atoms with Gasteiger partial charge in [-0.1, -0.05) is 20.8 Å². The molecule has 0 amide bonds. The number of Topliss-reactive ketones (excluding diaryl/α,β-unsaturated/α-hetero) is 1. The fraction of sp³-hybridized carbons (Fsp3) is 0.950. The summed E-state index contributed by atoms with van der Waals surface area (Å²) < 4.78 is 6.05. The Morgan fingerprint density at radius 2 is 1.84 bits per heavy atom. The molecule has 0 aromatic rings. The van der Waals surface area contributed by atoms with Crippen LogP contribution < -0.4 is 0 Å². The van der Waals surface area contributed by atoms with Gasteiger partial charge in [0.05, 0.1) is 11.0 Å². The zero-order valence-corrected chi connectivity index (χ0v) is 15.7. The predicted octanol–water partition coefficient (Wildman–Crippen LogP) is 1.28. The van der Waals surface area contributed by atoms with Crippen LogP contribution in [0.15, 0.2) is 0 Å². The molecule has 2 spiro atoms. The van der Waals surface area contributed by atoms with Crippen molar-refractivity contribution in [1.82, 2.24) is 0 Å². The summed E-state index contributed by atoms with van der Waals surface area (Å²) in [6, 6.07) is 0. The Balaban J connectivity index is 1.74. The van der Waals surface area contributed by atoms with E-state index in [0.717, 1.165) is 12.8 Å². The molecule has 0 unspecified atom stereocenters. The lowest BCUT2D eigenvalue weighted by Crippen LogP contribution is -2.48. The van der Waals surface area contributed by atoms with Gasteiger partial charge < -0.3 is 20.1 Å². The zero-order valence-electron chi connectivity index (χ0n) is 15.7. The number of aliphatic hydroxyl groups is 3. The zero-order chi connectivity index (χ0) is 18.4. The monoisotopic (exact) mass is 350 g/mol. The van der Waals surface area contributed by atoms with Gasteiger partial charge in [0.1, 0.15) is 23.9 Å². The molecule has 5 aliphatic rings. The molecule has 10 atom stereocenters. The minimum Gasteiger partial charge on any atom is -0.387 e. The van der Waals surface area contributed by atoms with E-state index in [1.807, 2.05) is 6.92 Å². The molecule has 0 radical (unpaired) electrons. The third kappa shape index (κ3) is 1.22. The number of ketones is 1. The second-order valence-electron chi connectivity index (χ2n) is 10.4. The standard InChI is InChI=1S/C20H30O5/c1-9(2)10-6-7-19-8-11-17(4,24)14(23)15-20(11,25-15)18(19,5)13(22)12(21)16(10,19)3/h9-12,14-15,21,23-24H,6-8H2,1-5H3/t10-,11-,12+,14-,15-,16+,17+,18+,19-,20+/m0/s1. The second-order valence-corrected chi connectivity index (χ2v) is 10.4. The van der Waals surface area contributed by atoms with Crippen molar-refractivity contribution < 1.29 is 24.9 Å². The molecule has 0 aromatic carbocycles. The van der Waals surface area contributed by atoms with Crippen LogP contribution in [0.25, 0.3) is 0 Å². The lowest BCUT2D eigenvalue weighted by Gasteiger charge is -2.47. The highest BCUT2D eigenvalue weighted by molar-refractivity contribution is 5.96. The van der Waals surface area contributed by atoms with Gasteiger partial charge in [0.25, 0.3) is 0 Å². The Labute approximate surface area is 148 Å². The number of aliphatic hydroxyl groups excluding tert-OH is 2. The summed E-state index contributed by atoms with van der Waals surface area (Å²) in [5, 5.41) is 32.7. The average molecular weight is 350 g/mol. The number of hydrogen-bond acceptors (Lipinski definition) is 5. The molecule has 0 bridgehead atoms. The number of carbonyl (C=O) groups excluding carboxylic acids is 1. The molecule has 5 nitrogen and oxygen atoms in total. The van der Waals surface area contributed by atoms with Gasteiger partial charge in [-0.15, -0.1) is 0 Å². The molecule has 5 fully saturated rings. The first-order valence-electron chi connectivity index (χ1n) is 9.75. The maximum absolute atomic E-state index is 13.5. The molecule has 5 heteroatoms. The first kappa shape index (κ1) is 16.7. The van der Waals surface area contributed by atoms with Crippen molar-refractivity contribution in [3.8, 4) is 0 Å². The molecule has 3 N–H and O–H groups in total. The molecular formula is C20H30O5. The van der Waals surface area contributed by atoms with Crippen LogP contribution in [0, 0.1) is 34.0 Å². The normalized spacial score (nSPS) is 67.4. The third-order valence-corrected chi connectivity index (χ3v) is 9.88.